The van der Waals surface area contributed by atoms with Gasteiger partial charge in [0.05, 0.1) is 19.5 Å². The van der Waals surface area contributed by atoms with E-state index in [0.717, 1.165) is 12.8 Å². The van der Waals surface area contributed by atoms with Gasteiger partial charge in [-0.25, -0.2) is 0 Å². The third kappa shape index (κ3) is 0.534. The SMILES string of the molecule is [B]C1CCC1(N)C#N. The zero-order chi connectivity index (χ0) is 6.20. The van der Waals surface area contributed by atoms with Crippen molar-refractivity contribution in [1.82, 2.24) is 0 Å². The molecule has 1 saturated carbocycles. The van der Waals surface area contributed by atoms with Gasteiger partial charge < -0.3 is 5.73 Å². The van der Waals surface area contributed by atoms with Crippen molar-refractivity contribution in [2.24, 2.45) is 5.73 Å². The Labute approximate surface area is 50.1 Å². The number of nitrogens with zero attached hydrogens (tertiary/aromatic N) is 1. The minimum absolute atomic E-state index is 0.0903. The van der Waals surface area contributed by atoms with Crippen LogP contribution in [0.15, 0.2) is 0 Å². The number of hydrogen-bond donors (Lipinski definition) is 1. The van der Waals surface area contributed by atoms with Crippen LogP contribution in [0.4, 0.5) is 0 Å². The van der Waals surface area contributed by atoms with E-state index in [4.69, 9.17) is 18.8 Å². The van der Waals surface area contributed by atoms with Crippen molar-refractivity contribution in [3.05, 3.63) is 0 Å². The molecule has 2 N–H and O–H groups in total. The third-order valence-electron chi connectivity index (χ3n) is 1.74. The van der Waals surface area contributed by atoms with Crippen LogP contribution in [-0.2, 0) is 0 Å². The normalized spacial score (nSPS) is 44.8. The molecule has 2 unspecified atom stereocenters. The maximum Gasteiger partial charge on any atom is 0.0988 e. The molecule has 3 heteroatoms. The van der Waals surface area contributed by atoms with Crippen LogP contribution in [0.5, 0.6) is 0 Å². The van der Waals surface area contributed by atoms with Gasteiger partial charge in [-0.05, 0) is 12.2 Å². The van der Waals surface area contributed by atoms with E-state index in [1.807, 2.05) is 6.07 Å². The molecule has 2 nitrogen and oxygen atoms in total. The molecule has 8 heavy (non-hydrogen) atoms. The van der Waals surface area contributed by atoms with Crippen molar-refractivity contribution in [3.8, 4) is 6.07 Å². The fraction of sp³-hybridized carbons (Fsp3) is 0.800. The molecule has 1 aliphatic carbocycles. The molecule has 0 bridgehead atoms. The predicted molar refractivity (Wildman–Crippen MR) is 31.3 cm³/mol. The second-order valence-corrected chi connectivity index (χ2v) is 2.30. The Kier molecular flexibility index (Phi) is 1.06. The summed E-state index contributed by atoms with van der Waals surface area (Å²) < 4.78 is 0. The first kappa shape index (κ1) is 5.65. The molecular formula is C5H7BN2. The summed E-state index contributed by atoms with van der Waals surface area (Å²) in [7, 11) is 5.42. The highest BCUT2D eigenvalue weighted by Gasteiger charge is 2.39. The Morgan fingerprint density at radius 3 is 2.50 bits per heavy atom. The van der Waals surface area contributed by atoms with Crippen LogP contribution < -0.4 is 5.73 Å². The summed E-state index contributed by atoms with van der Waals surface area (Å²) in [5.74, 6) is -0.0903. The molecule has 0 aromatic rings. The fourth-order valence-electron chi connectivity index (χ4n) is 0.761. The highest BCUT2D eigenvalue weighted by molar-refractivity contribution is 6.13. The lowest BCUT2D eigenvalue weighted by Gasteiger charge is -2.39. The van der Waals surface area contributed by atoms with Crippen LogP contribution in [0.25, 0.3) is 0 Å². The molecule has 1 fully saturated rings. The topological polar surface area (TPSA) is 49.8 Å². The lowest BCUT2D eigenvalue weighted by atomic mass is 9.58. The molecule has 1 aliphatic rings. The lowest BCUT2D eigenvalue weighted by molar-refractivity contribution is 0.328. The van der Waals surface area contributed by atoms with Gasteiger partial charge in [0.25, 0.3) is 0 Å². The number of hydrogen-bond acceptors (Lipinski definition) is 2. The molecule has 0 heterocycles. The van der Waals surface area contributed by atoms with Gasteiger partial charge in [-0.15, -0.1) is 0 Å². The van der Waals surface area contributed by atoms with Crippen molar-refractivity contribution >= 4 is 7.85 Å². The van der Waals surface area contributed by atoms with E-state index in [2.05, 4.69) is 0 Å². The first-order valence-electron chi connectivity index (χ1n) is 2.65. The fourth-order valence-corrected chi connectivity index (χ4v) is 0.761. The van der Waals surface area contributed by atoms with E-state index in [-0.39, 0.29) is 5.82 Å². The van der Waals surface area contributed by atoms with E-state index < -0.39 is 5.54 Å². The summed E-state index contributed by atoms with van der Waals surface area (Å²) in [5, 5.41) is 8.36. The monoisotopic (exact) mass is 106 g/mol. The molecule has 2 atom stereocenters. The minimum Gasteiger partial charge on any atom is -0.314 e. The summed E-state index contributed by atoms with van der Waals surface area (Å²) in [5.41, 5.74) is 4.77. The first-order valence-corrected chi connectivity index (χ1v) is 2.65. The van der Waals surface area contributed by atoms with Crippen molar-refractivity contribution < 1.29 is 0 Å². The molecular weight excluding hydrogens is 98.9 g/mol. The van der Waals surface area contributed by atoms with E-state index in [1.54, 1.807) is 0 Å². The summed E-state index contributed by atoms with van der Waals surface area (Å²) in [6, 6.07) is 1.98. The predicted octanol–water partition coefficient (Wildman–Crippen LogP) is -0.0417. The molecule has 0 amide bonds. The van der Waals surface area contributed by atoms with Gasteiger partial charge in [0.2, 0.25) is 0 Å². The molecule has 0 saturated heterocycles. The Morgan fingerprint density at radius 1 is 1.88 bits per heavy atom. The van der Waals surface area contributed by atoms with Gasteiger partial charge in [0, 0.05) is 0 Å². The summed E-state index contributed by atoms with van der Waals surface area (Å²) in [6.07, 6.45) is 1.65. The molecule has 2 radical (unpaired) electrons. The quantitative estimate of drug-likeness (QED) is 0.440. The number of nitriles is 1. The standard InChI is InChI=1S/C5H7BN2/c6-4-1-2-5(4,8)3-7/h4H,1-2,8H2. The minimum atomic E-state index is -0.694. The van der Waals surface area contributed by atoms with Gasteiger partial charge in [-0.3, -0.25) is 0 Å². The van der Waals surface area contributed by atoms with Gasteiger partial charge in [-0.2, -0.15) is 5.26 Å². The molecule has 40 valence electrons. The van der Waals surface area contributed by atoms with Crippen LogP contribution in [0, 0.1) is 11.3 Å². The summed E-state index contributed by atoms with van der Waals surface area (Å²) in [6.45, 7) is 0. The highest BCUT2D eigenvalue weighted by atomic mass is 14.8. The maximum atomic E-state index is 8.36. The smallest absolute Gasteiger partial charge is 0.0988 e. The van der Waals surface area contributed by atoms with Gasteiger partial charge in [0.1, 0.15) is 0 Å². The van der Waals surface area contributed by atoms with E-state index in [1.165, 1.54) is 0 Å². The Morgan fingerprint density at radius 2 is 2.50 bits per heavy atom. The van der Waals surface area contributed by atoms with E-state index in [0.29, 0.717) is 0 Å². The average Bonchev–Trinajstić information content (AvgIpc) is 1.83. The molecule has 0 aliphatic heterocycles. The summed E-state index contributed by atoms with van der Waals surface area (Å²) in [4.78, 5) is 0. The lowest BCUT2D eigenvalue weighted by Crippen LogP contribution is -2.50. The molecule has 0 spiro atoms. The van der Waals surface area contributed by atoms with E-state index >= 15 is 0 Å². The van der Waals surface area contributed by atoms with Crippen LogP contribution in [0.2, 0.25) is 5.82 Å². The number of rotatable bonds is 0. The molecule has 0 aromatic carbocycles. The van der Waals surface area contributed by atoms with Crippen LogP contribution in [0.1, 0.15) is 12.8 Å². The Balaban J connectivity index is 2.59. The van der Waals surface area contributed by atoms with Crippen molar-refractivity contribution in [2.75, 3.05) is 0 Å². The molecule has 1 rings (SSSR count). The van der Waals surface area contributed by atoms with Crippen LogP contribution in [0.3, 0.4) is 0 Å². The van der Waals surface area contributed by atoms with Crippen molar-refractivity contribution in [2.45, 2.75) is 24.2 Å². The van der Waals surface area contributed by atoms with Gasteiger partial charge in [-0.1, -0.05) is 6.42 Å². The zero-order valence-electron chi connectivity index (χ0n) is 4.59. The zero-order valence-corrected chi connectivity index (χ0v) is 4.59. The number of nitrogens with two attached hydrogens (primary N) is 1. The second kappa shape index (κ2) is 1.49. The van der Waals surface area contributed by atoms with Crippen LogP contribution >= 0.6 is 0 Å². The van der Waals surface area contributed by atoms with Crippen LogP contribution in [-0.4, -0.2) is 13.4 Å². The Bertz CT molecular complexity index is 140. The second-order valence-electron chi connectivity index (χ2n) is 2.30. The highest BCUT2D eigenvalue weighted by Crippen LogP contribution is 2.38. The third-order valence-corrected chi connectivity index (χ3v) is 1.74. The summed E-state index contributed by atoms with van der Waals surface area (Å²) >= 11 is 0. The van der Waals surface area contributed by atoms with Gasteiger partial charge in [0.15, 0.2) is 0 Å². The average molecular weight is 106 g/mol. The van der Waals surface area contributed by atoms with Crippen molar-refractivity contribution in [1.29, 1.82) is 5.26 Å². The van der Waals surface area contributed by atoms with Crippen molar-refractivity contribution in [3.63, 3.8) is 0 Å². The Hall–Kier alpha value is -0.485. The molecule has 0 aromatic heterocycles. The largest absolute Gasteiger partial charge is 0.314 e. The van der Waals surface area contributed by atoms with E-state index in [9.17, 15) is 0 Å². The maximum absolute atomic E-state index is 8.36. The first-order chi connectivity index (χ1) is 3.69. The van der Waals surface area contributed by atoms with Gasteiger partial charge >= 0.3 is 0 Å².